The Kier molecular flexibility index (Phi) is 2.80. The molecule has 0 fully saturated rings. The largest absolute Gasteiger partial charge is 0.478 e. The predicted molar refractivity (Wildman–Crippen MR) is 45.3 cm³/mol. The van der Waals surface area contributed by atoms with E-state index >= 15 is 0 Å². The monoisotopic (exact) mass is 213 g/mol. The van der Waals surface area contributed by atoms with Gasteiger partial charge in [-0.05, 0) is 6.07 Å². The Balaban J connectivity index is 3.46. The molecular formula is C8H5F2N3O2. The Morgan fingerprint density at radius 3 is 2.67 bits per heavy atom. The summed E-state index contributed by atoms with van der Waals surface area (Å²) < 4.78 is 24.4. The van der Waals surface area contributed by atoms with E-state index in [1.54, 1.807) is 0 Å². The number of nitrogens with zero attached hydrogens (tertiary/aromatic N) is 2. The zero-order valence-corrected chi connectivity index (χ0v) is 7.24. The number of halogens is 2. The number of anilines is 1. The molecule has 78 valence electrons. The number of rotatable bonds is 2. The smallest absolute Gasteiger partial charge is 0.340 e. The lowest BCUT2D eigenvalue weighted by Gasteiger charge is -2.05. The van der Waals surface area contributed by atoms with Gasteiger partial charge in [0.15, 0.2) is 0 Å². The molecule has 3 N–H and O–H groups in total. The SMILES string of the molecule is N#Cc1cc(C(F)F)nc(N)c1C(=O)O. The van der Waals surface area contributed by atoms with Crippen molar-refractivity contribution in [2.75, 3.05) is 5.73 Å². The van der Waals surface area contributed by atoms with Crippen LogP contribution in [0.2, 0.25) is 0 Å². The molecular weight excluding hydrogens is 208 g/mol. The molecule has 0 aliphatic carbocycles. The zero-order valence-electron chi connectivity index (χ0n) is 7.24. The second-order valence-electron chi connectivity index (χ2n) is 2.57. The highest BCUT2D eigenvalue weighted by atomic mass is 19.3. The van der Waals surface area contributed by atoms with E-state index in [2.05, 4.69) is 4.98 Å². The highest BCUT2D eigenvalue weighted by Crippen LogP contribution is 2.22. The topological polar surface area (TPSA) is 100 Å². The normalized spacial score (nSPS) is 10.0. The minimum Gasteiger partial charge on any atom is -0.478 e. The van der Waals surface area contributed by atoms with Gasteiger partial charge in [-0.3, -0.25) is 0 Å². The summed E-state index contributed by atoms with van der Waals surface area (Å²) in [5.41, 5.74) is 3.47. The van der Waals surface area contributed by atoms with E-state index < -0.39 is 35.0 Å². The van der Waals surface area contributed by atoms with Gasteiger partial charge in [0.2, 0.25) is 0 Å². The molecule has 0 atom stereocenters. The number of carbonyl (C=O) groups is 1. The molecule has 0 aliphatic rings. The van der Waals surface area contributed by atoms with E-state index in [0.29, 0.717) is 6.07 Å². The van der Waals surface area contributed by atoms with Crippen molar-refractivity contribution >= 4 is 11.8 Å². The van der Waals surface area contributed by atoms with Crippen molar-refractivity contribution < 1.29 is 18.7 Å². The van der Waals surface area contributed by atoms with Gasteiger partial charge in [0.25, 0.3) is 6.43 Å². The van der Waals surface area contributed by atoms with E-state index in [9.17, 15) is 13.6 Å². The standard InChI is InChI=1S/C8H5F2N3O2/c9-6(10)4-1-3(2-11)5(8(14)15)7(12)13-4/h1,6H,(H2,12,13)(H,14,15). The Hall–Kier alpha value is -2.23. The average molecular weight is 213 g/mol. The van der Waals surface area contributed by atoms with E-state index in [1.807, 2.05) is 0 Å². The number of carboxylic acid groups (broad SMARTS) is 1. The molecule has 0 aliphatic heterocycles. The molecule has 0 amide bonds. The van der Waals surface area contributed by atoms with Gasteiger partial charge >= 0.3 is 5.97 Å². The summed E-state index contributed by atoms with van der Waals surface area (Å²) in [6.45, 7) is 0. The number of nitrogen functional groups attached to an aromatic ring is 1. The second-order valence-corrected chi connectivity index (χ2v) is 2.57. The van der Waals surface area contributed by atoms with Crippen LogP contribution in [-0.2, 0) is 0 Å². The van der Waals surface area contributed by atoms with Crippen LogP contribution in [0.3, 0.4) is 0 Å². The summed E-state index contributed by atoms with van der Waals surface area (Å²) in [4.78, 5) is 13.8. The molecule has 15 heavy (non-hydrogen) atoms. The molecule has 0 unspecified atom stereocenters. The third kappa shape index (κ3) is 1.99. The van der Waals surface area contributed by atoms with E-state index in [4.69, 9.17) is 16.1 Å². The molecule has 0 saturated heterocycles. The predicted octanol–water partition coefficient (Wildman–Crippen LogP) is 1.17. The van der Waals surface area contributed by atoms with Gasteiger partial charge in [-0.15, -0.1) is 0 Å². The van der Waals surface area contributed by atoms with Crippen molar-refractivity contribution in [3.8, 4) is 6.07 Å². The fourth-order valence-electron chi connectivity index (χ4n) is 1.01. The molecule has 1 aromatic heterocycles. The first-order valence-corrected chi connectivity index (χ1v) is 3.69. The lowest BCUT2D eigenvalue weighted by Crippen LogP contribution is -2.09. The number of pyridine rings is 1. The average Bonchev–Trinajstić information content (AvgIpc) is 2.15. The molecule has 0 spiro atoms. The van der Waals surface area contributed by atoms with Crippen LogP contribution in [0.25, 0.3) is 0 Å². The van der Waals surface area contributed by atoms with Crippen LogP contribution >= 0.6 is 0 Å². The van der Waals surface area contributed by atoms with Crippen LogP contribution in [0.15, 0.2) is 6.07 Å². The fourth-order valence-corrected chi connectivity index (χ4v) is 1.01. The number of aromatic carboxylic acids is 1. The van der Waals surface area contributed by atoms with Gasteiger partial charge in [0, 0.05) is 0 Å². The third-order valence-electron chi connectivity index (χ3n) is 1.63. The van der Waals surface area contributed by atoms with Crippen LogP contribution in [0.5, 0.6) is 0 Å². The van der Waals surface area contributed by atoms with Crippen LogP contribution in [0.1, 0.15) is 28.0 Å². The molecule has 0 saturated carbocycles. The number of nitrogens with two attached hydrogens (primary N) is 1. The van der Waals surface area contributed by atoms with Crippen LogP contribution in [0.4, 0.5) is 14.6 Å². The van der Waals surface area contributed by atoms with Crippen LogP contribution in [0, 0.1) is 11.3 Å². The van der Waals surface area contributed by atoms with Crippen molar-refractivity contribution in [3.63, 3.8) is 0 Å². The van der Waals surface area contributed by atoms with E-state index in [1.165, 1.54) is 6.07 Å². The summed E-state index contributed by atoms with van der Waals surface area (Å²) in [5.74, 6) is -2.06. The van der Waals surface area contributed by atoms with Gasteiger partial charge in [-0.1, -0.05) is 0 Å². The van der Waals surface area contributed by atoms with Gasteiger partial charge in [0.05, 0.1) is 5.56 Å². The molecule has 1 heterocycles. The summed E-state index contributed by atoms with van der Waals surface area (Å²) in [7, 11) is 0. The molecule has 1 aromatic rings. The lowest BCUT2D eigenvalue weighted by atomic mass is 10.1. The Morgan fingerprint density at radius 1 is 1.67 bits per heavy atom. The van der Waals surface area contributed by atoms with Crippen molar-refractivity contribution in [2.45, 2.75) is 6.43 Å². The Bertz CT molecular complexity index is 454. The highest BCUT2D eigenvalue weighted by molar-refractivity contribution is 5.95. The van der Waals surface area contributed by atoms with Crippen LogP contribution in [-0.4, -0.2) is 16.1 Å². The molecule has 7 heteroatoms. The number of carboxylic acids is 1. The fraction of sp³-hybridized carbons (Fsp3) is 0.125. The first-order chi connectivity index (χ1) is 6.97. The second kappa shape index (κ2) is 3.88. The number of nitriles is 1. The van der Waals surface area contributed by atoms with Gasteiger partial charge in [-0.25, -0.2) is 18.6 Å². The van der Waals surface area contributed by atoms with Crippen molar-refractivity contribution in [3.05, 3.63) is 22.9 Å². The molecule has 1 rings (SSSR count). The van der Waals surface area contributed by atoms with Gasteiger partial charge < -0.3 is 10.8 Å². The van der Waals surface area contributed by atoms with Crippen LogP contribution < -0.4 is 5.73 Å². The summed E-state index contributed by atoms with van der Waals surface area (Å²) >= 11 is 0. The van der Waals surface area contributed by atoms with E-state index in [0.717, 1.165) is 0 Å². The first-order valence-electron chi connectivity index (χ1n) is 3.69. The zero-order chi connectivity index (χ0) is 11.6. The maximum Gasteiger partial charge on any atom is 0.340 e. The van der Waals surface area contributed by atoms with Crippen molar-refractivity contribution in [1.82, 2.24) is 4.98 Å². The number of hydrogen-bond donors (Lipinski definition) is 2. The number of aromatic nitrogens is 1. The minimum atomic E-state index is -2.90. The first kappa shape index (κ1) is 10.8. The molecule has 0 aromatic carbocycles. The quantitative estimate of drug-likeness (QED) is 0.767. The Morgan fingerprint density at radius 2 is 2.27 bits per heavy atom. The van der Waals surface area contributed by atoms with Gasteiger partial charge in [0.1, 0.15) is 23.1 Å². The number of alkyl halides is 2. The summed E-state index contributed by atoms with van der Waals surface area (Å²) in [6.07, 6.45) is -2.90. The maximum atomic E-state index is 12.2. The van der Waals surface area contributed by atoms with Crippen molar-refractivity contribution in [1.29, 1.82) is 5.26 Å². The molecule has 0 bridgehead atoms. The highest BCUT2D eigenvalue weighted by Gasteiger charge is 2.20. The Labute approximate surface area is 82.8 Å². The number of hydrogen-bond acceptors (Lipinski definition) is 4. The minimum absolute atomic E-state index is 0.426. The molecule has 5 nitrogen and oxygen atoms in total. The summed E-state index contributed by atoms with van der Waals surface area (Å²) in [5, 5.41) is 17.2. The van der Waals surface area contributed by atoms with Gasteiger partial charge in [-0.2, -0.15) is 5.26 Å². The lowest BCUT2D eigenvalue weighted by molar-refractivity contribution is 0.0696. The summed E-state index contributed by atoms with van der Waals surface area (Å²) in [6, 6.07) is 2.19. The van der Waals surface area contributed by atoms with Crippen molar-refractivity contribution in [2.24, 2.45) is 0 Å². The maximum absolute atomic E-state index is 12.2. The van der Waals surface area contributed by atoms with E-state index in [-0.39, 0.29) is 0 Å². The third-order valence-corrected chi connectivity index (χ3v) is 1.63. The molecule has 0 radical (unpaired) electrons.